The van der Waals surface area contributed by atoms with Gasteiger partial charge in [0.2, 0.25) is 5.91 Å². The fraction of sp³-hybridized carbons (Fsp3) is 0.353. The predicted molar refractivity (Wildman–Crippen MR) is 99.4 cm³/mol. The summed E-state index contributed by atoms with van der Waals surface area (Å²) in [5.74, 6) is -0.428. The lowest BCUT2D eigenvalue weighted by Gasteiger charge is -2.38. The Morgan fingerprint density at radius 1 is 1.22 bits per heavy atom. The molecule has 0 unspecified atom stereocenters. The minimum Gasteiger partial charge on any atom is -0.368 e. The average Bonchev–Trinajstić information content (AvgIpc) is 2.66. The molecule has 0 saturated carbocycles. The van der Waals surface area contributed by atoms with Crippen LogP contribution < -0.4 is 16.0 Å². The van der Waals surface area contributed by atoms with Gasteiger partial charge >= 0.3 is 6.03 Å². The van der Waals surface area contributed by atoms with E-state index in [9.17, 15) is 19.7 Å². The van der Waals surface area contributed by atoms with Gasteiger partial charge in [0.1, 0.15) is 0 Å². The molecule has 1 saturated heterocycles. The lowest BCUT2D eigenvalue weighted by atomic mass is 10.1. The molecular weight excluding hydrogens is 352 g/mol. The first-order chi connectivity index (χ1) is 12.9. The van der Waals surface area contributed by atoms with Crippen molar-refractivity contribution in [3.8, 4) is 0 Å². The first kappa shape index (κ1) is 18.5. The van der Waals surface area contributed by atoms with Crippen molar-refractivity contribution in [2.75, 3.05) is 31.1 Å². The molecule has 1 atom stereocenters. The second kappa shape index (κ2) is 7.54. The number of amides is 3. The maximum atomic E-state index is 11.9. The molecule has 2 heterocycles. The van der Waals surface area contributed by atoms with Gasteiger partial charge in [-0.25, -0.2) is 4.79 Å². The van der Waals surface area contributed by atoms with Crippen LogP contribution in [-0.4, -0.2) is 59.0 Å². The second-order valence-corrected chi connectivity index (χ2v) is 6.33. The maximum Gasteiger partial charge on any atom is 0.318 e. The fourth-order valence-corrected chi connectivity index (χ4v) is 3.34. The number of carbonyl (C=O) groups is 2. The highest BCUT2D eigenvalue weighted by molar-refractivity contribution is 5.99. The number of nitrogens with one attached hydrogen (secondary N) is 1. The van der Waals surface area contributed by atoms with Gasteiger partial charge < -0.3 is 10.6 Å². The van der Waals surface area contributed by atoms with Gasteiger partial charge in [-0.15, -0.1) is 0 Å². The number of rotatable bonds is 4. The zero-order valence-corrected chi connectivity index (χ0v) is 14.8. The molecule has 3 rings (SSSR count). The molecule has 10 nitrogen and oxygen atoms in total. The molecule has 1 fully saturated rings. The third-order valence-corrected chi connectivity index (χ3v) is 4.80. The molecule has 0 aliphatic carbocycles. The standard InChI is InChI=1S/C17H20N6O4/c1-11(16(24)20-17(18)25)21-6-8-22(9-7-21)14-2-3-15(23(26)27)13-10-19-5-4-12(13)14/h2-5,10-11H,6-9H2,1H3,(H3,18,20,24,25)/t11-/m0/s1. The third-order valence-electron chi connectivity index (χ3n) is 4.80. The molecule has 1 aliphatic rings. The molecule has 27 heavy (non-hydrogen) atoms. The van der Waals surface area contributed by atoms with Gasteiger partial charge in [-0.2, -0.15) is 0 Å². The summed E-state index contributed by atoms with van der Waals surface area (Å²) >= 11 is 0. The van der Waals surface area contributed by atoms with Crippen LogP contribution in [0.4, 0.5) is 16.2 Å². The number of imide groups is 1. The Labute approximate surface area is 155 Å². The van der Waals surface area contributed by atoms with Crippen LogP contribution in [0, 0.1) is 10.1 Å². The van der Waals surface area contributed by atoms with Gasteiger partial charge in [0.15, 0.2) is 0 Å². The number of nitrogens with zero attached hydrogens (tertiary/aromatic N) is 4. The summed E-state index contributed by atoms with van der Waals surface area (Å²) in [5, 5.41) is 14.6. The highest BCUT2D eigenvalue weighted by Gasteiger charge is 2.27. The van der Waals surface area contributed by atoms with Crippen LogP contribution in [0.5, 0.6) is 0 Å². The molecule has 0 radical (unpaired) electrons. The van der Waals surface area contributed by atoms with E-state index >= 15 is 0 Å². The molecule has 3 amide bonds. The normalized spacial score (nSPS) is 16.1. The van der Waals surface area contributed by atoms with E-state index < -0.39 is 22.9 Å². The molecular formula is C17H20N6O4. The number of carbonyl (C=O) groups excluding carboxylic acids is 2. The van der Waals surface area contributed by atoms with E-state index in [-0.39, 0.29) is 5.69 Å². The average molecular weight is 372 g/mol. The Morgan fingerprint density at radius 3 is 2.56 bits per heavy atom. The van der Waals surface area contributed by atoms with Crippen molar-refractivity contribution in [2.45, 2.75) is 13.0 Å². The monoisotopic (exact) mass is 372 g/mol. The number of hydrogen-bond donors (Lipinski definition) is 2. The number of urea groups is 1. The SMILES string of the molecule is C[C@@H](C(=O)NC(N)=O)N1CCN(c2ccc([N+](=O)[O-])c3cnccc23)CC1. The number of fused-ring (bicyclic) bond motifs is 1. The van der Waals surface area contributed by atoms with Gasteiger partial charge in [0, 0.05) is 55.7 Å². The number of piperazine rings is 1. The first-order valence-electron chi connectivity index (χ1n) is 8.49. The number of nitrogens with two attached hydrogens (primary N) is 1. The quantitative estimate of drug-likeness (QED) is 0.600. The lowest BCUT2D eigenvalue weighted by Crippen LogP contribution is -2.55. The smallest absolute Gasteiger partial charge is 0.318 e. The van der Waals surface area contributed by atoms with E-state index in [2.05, 4.69) is 15.2 Å². The van der Waals surface area contributed by atoms with Crippen LogP contribution in [0.15, 0.2) is 30.6 Å². The molecule has 0 spiro atoms. The Morgan fingerprint density at radius 2 is 1.93 bits per heavy atom. The van der Waals surface area contributed by atoms with E-state index in [1.807, 2.05) is 4.90 Å². The number of nitro benzene ring substituents is 1. The van der Waals surface area contributed by atoms with Crippen LogP contribution in [0.25, 0.3) is 10.8 Å². The van der Waals surface area contributed by atoms with Crippen molar-refractivity contribution in [3.05, 3.63) is 40.7 Å². The largest absolute Gasteiger partial charge is 0.368 e. The summed E-state index contributed by atoms with van der Waals surface area (Å²) in [6.45, 7) is 4.22. The van der Waals surface area contributed by atoms with Crippen molar-refractivity contribution in [3.63, 3.8) is 0 Å². The molecule has 1 aromatic carbocycles. The molecule has 142 valence electrons. The second-order valence-electron chi connectivity index (χ2n) is 6.33. The van der Waals surface area contributed by atoms with E-state index in [1.165, 1.54) is 12.3 Å². The molecule has 1 aliphatic heterocycles. The number of nitro groups is 1. The number of pyridine rings is 1. The Kier molecular flexibility index (Phi) is 5.17. The van der Waals surface area contributed by atoms with Crippen molar-refractivity contribution >= 4 is 34.1 Å². The van der Waals surface area contributed by atoms with E-state index in [0.717, 1.165) is 11.1 Å². The Balaban J connectivity index is 1.77. The van der Waals surface area contributed by atoms with Gasteiger partial charge in [0.25, 0.3) is 5.69 Å². The highest BCUT2D eigenvalue weighted by atomic mass is 16.6. The zero-order valence-electron chi connectivity index (χ0n) is 14.8. The summed E-state index contributed by atoms with van der Waals surface area (Å²) in [4.78, 5) is 41.7. The van der Waals surface area contributed by atoms with Gasteiger partial charge in [-0.05, 0) is 19.1 Å². The Bertz CT molecular complexity index is 894. The Hall–Kier alpha value is -3.27. The minimum atomic E-state index is -0.864. The van der Waals surface area contributed by atoms with E-state index in [0.29, 0.717) is 31.6 Å². The minimum absolute atomic E-state index is 0.0252. The van der Waals surface area contributed by atoms with Crippen LogP contribution in [0.2, 0.25) is 0 Å². The first-order valence-corrected chi connectivity index (χ1v) is 8.49. The zero-order chi connectivity index (χ0) is 19.6. The van der Waals surface area contributed by atoms with Crippen LogP contribution in [0.1, 0.15) is 6.92 Å². The van der Waals surface area contributed by atoms with Crippen molar-refractivity contribution in [1.82, 2.24) is 15.2 Å². The summed E-state index contributed by atoms with van der Waals surface area (Å²) in [6, 6.07) is 3.68. The van der Waals surface area contributed by atoms with Crippen molar-refractivity contribution in [2.24, 2.45) is 5.73 Å². The van der Waals surface area contributed by atoms with E-state index in [4.69, 9.17) is 5.73 Å². The lowest BCUT2D eigenvalue weighted by molar-refractivity contribution is -0.383. The van der Waals surface area contributed by atoms with Crippen LogP contribution in [-0.2, 0) is 4.79 Å². The van der Waals surface area contributed by atoms with E-state index in [1.54, 1.807) is 25.3 Å². The van der Waals surface area contributed by atoms with Crippen LogP contribution in [0.3, 0.4) is 0 Å². The molecule has 3 N–H and O–H groups in total. The maximum absolute atomic E-state index is 11.9. The predicted octanol–water partition coefficient (Wildman–Crippen LogP) is 0.848. The highest BCUT2D eigenvalue weighted by Crippen LogP contribution is 2.33. The van der Waals surface area contributed by atoms with Crippen molar-refractivity contribution in [1.29, 1.82) is 0 Å². The summed E-state index contributed by atoms with van der Waals surface area (Å²) in [7, 11) is 0. The number of benzene rings is 1. The molecule has 10 heteroatoms. The number of aromatic nitrogens is 1. The number of non-ortho nitro benzene ring substituents is 1. The number of primary amides is 1. The van der Waals surface area contributed by atoms with Crippen LogP contribution >= 0.6 is 0 Å². The summed E-state index contributed by atoms with van der Waals surface area (Å²) in [6.07, 6.45) is 3.12. The summed E-state index contributed by atoms with van der Waals surface area (Å²) in [5.41, 5.74) is 5.91. The molecule has 2 aromatic rings. The van der Waals surface area contributed by atoms with Gasteiger partial charge in [0.05, 0.1) is 16.4 Å². The molecule has 1 aromatic heterocycles. The van der Waals surface area contributed by atoms with Gasteiger partial charge in [-0.3, -0.25) is 30.1 Å². The fourth-order valence-electron chi connectivity index (χ4n) is 3.34. The third kappa shape index (κ3) is 3.80. The van der Waals surface area contributed by atoms with Gasteiger partial charge in [-0.1, -0.05) is 0 Å². The summed E-state index contributed by atoms with van der Waals surface area (Å²) < 4.78 is 0. The van der Waals surface area contributed by atoms with Crippen molar-refractivity contribution < 1.29 is 14.5 Å². The number of hydrogen-bond acceptors (Lipinski definition) is 7. The topological polar surface area (TPSA) is 135 Å². The number of anilines is 1. The molecule has 0 bridgehead atoms.